The number of pyridine rings is 1. The summed E-state index contributed by atoms with van der Waals surface area (Å²) in [6.07, 6.45) is 10.5. The Kier molecular flexibility index (Phi) is 4.55. The predicted molar refractivity (Wildman–Crippen MR) is 91.6 cm³/mol. The average Bonchev–Trinajstić information content (AvgIpc) is 3.35. The van der Waals surface area contributed by atoms with Crippen molar-refractivity contribution in [2.75, 3.05) is 13.7 Å². The van der Waals surface area contributed by atoms with Gasteiger partial charge in [-0.3, -0.25) is 9.78 Å². The second-order valence-corrected chi connectivity index (χ2v) is 6.66. The summed E-state index contributed by atoms with van der Waals surface area (Å²) in [6, 6.07) is 2.02. The molecule has 1 fully saturated rings. The van der Waals surface area contributed by atoms with Crippen molar-refractivity contribution in [3.05, 3.63) is 41.7 Å². The van der Waals surface area contributed by atoms with E-state index in [2.05, 4.69) is 10.3 Å². The lowest BCUT2D eigenvalue weighted by Gasteiger charge is -2.17. The first kappa shape index (κ1) is 16.2. The zero-order valence-electron chi connectivity index (χ0n) is 13.4. The van der Waals surface area contributed by atoms with E-state index in [1.807, 2.05) is 38.3 Å². The van der Waals surface area contributed by atoms with Crippen molar-refractivity contribution >= 4 is 22.4 Å². The molecule has 2 aliphatic carbocycles. The van der Waals surface area contributed by atoms with Gasteiger partial charge >= 0.3 is 0 Å². The van der Waals surface area contributed by atoms with Crippen molar-refractivity contribution in [3.8, 4) is 5.75 Å². The zero-order valence-corrected chi connectivity index (χ0v) is 14.2. The monoisotopic (exact) mass is 332 g/mol. The normalized spacial score (nSPS) is 21.7. The maximum atomic E-state index is 11.2. The van der Waals surface area contributed by atoms with E-state index in [1.165, 1.54) is 0 Å². The summed E-state index contributed by atoms with van der Waals surface area (Å²) in [7, 11) is 1.97. The molecule has 1 atom stereocenters. The van der Waals surface area contributed by atoms with Crippen molar-refractivity contribution in [2.45, 2.75) is 31.7 Å². The number of aromatic nitrogens is 1. The van der Waals surface area contributed by atoms with E-state index in [9.17, 15) is 4.79 Å². The number of nitrogens with one attached hydrogen (secondary N) is 1. The van der Waals surface area contributed by atoms with Crippen LogP contribution in [0.5, 0.6) is 5.75 Å². The quantitative estimate of drug-likeness (QED) is 0.812. The van der Waals surface area contributed by atoms with Gasteiger partial charge in [0.1, 0.15) is 12.4 Å². The molecule has 1 N–H and O–H groups in total. The second-order valence-electron chi connectivity index (χ2n) is 6.29. The fourth-order valence-corrected chi connectivity index (χ4v) is 2.87. The zero-order chi connectivity index (χ0) is 16.4. The highest BCUT2D eigenvalue weighted by Gasteiger charge is 2.41. The maximum Gasteiger partial charge on any atom is 0.228 e. The van der Waals surface area contributed by atoms with Gasteiger partial charge in [-0.1, -0.05) is 18.2 Å². The van der Waals surface area contributed by atoms with E-state index >= 15 is 0 Å². The third-order valence-corrected chi connectivity index (χ3v) is 4.94. The molecule has 0 aromatic carbocycles. The Morgan fingerprint density at radius 3 is 2.87 bits per heavy atom. The highest BCUT2D eigenvalue weighted by Crippen LogP contribution is 2.36. The molecule has 1 aromatic heterocycles. The number of hydrogen-bond acceptors (Lipinski definition) is 4. The van der Waals surface area contributed by atoms with Crippen LogP contribution in [0.1, 0.15) is 30.5 Å². The van der Waals surface area contributed by atoms with Gasteiger partial charge in [-0.25, -0.2) is 0 Å². The van der Waals surface area contributed by atoms with Crippen LogP contribution in [0, 0.1) is 12.8 Å². The first-order chi connectivity index (χ1) is 11.0. The molecule has 122 valence electrons. The number of carbonyl (C=O) groups excluding carboxylic acids is 1. The molecule has 0 bridgehead atoms. The van der Waals surface area contributed by atoms with Gasteiger partial charge in [-0.05, 0) is 56.5 Å². The number of hydrogen-bond donors (Lipinski definition) is 1. The molecule has 1 aromatic rings. The summed E-state index contributed by atoms with van der Waals surface area (Å²) in [5.41, 5.74) is 3.18. The first-order valence-electron chi connectivity index (χ1n) is 7.89. The number of allylic oxidation sites excluding steroid dienone is 4. The minimum absolute atomic E-state index is 0.142. The highest BCUT2D eigenvalue weighted by atomic mass is 35.5. The number of likely N-dealkylation sites (N-methyl/N-ethyl adjacent to an activating group) is 1. The van der Waals surface area contributed by atoms with Crippen LogP contribution in [0.3, 0.4) is 0 Å². The average molecular weight is 333 g/mol. The number of carbonyl (C=O) groups is 1. The predicted octanol–water partition coefficient (Wildman–Crippen LogP) is 3.25. The summed E-state index contributed by atoms with van der Waals surface area (Å²) in [4.78, 5) is 15.7. The van der Waals surface area contributed by atoms with Gasteiger partial charge in [-0.15, -0.1) is 0 Å². The fraction of sp³-hybridized carbons (Fsp3) is 0.444. The second kappa shape index (κ2) is 6.46. The molecule has 4 nitrogen and oxygen atoms in total. The molecule has 0 saturated heterocycles. The third-order valence-electron chi connectivity index (χ3n) is 4.66. The standard InChI is InChI=1S/C18H21ClN2O2/c1-12-16(13-3-5-14(6-4-13)17(19)22)9-15(10-21-12)23-11-18(20-2)7-8-18/h3-5,9-10,14,20H,6-8,11H2,1-2H3. The van der Waals surface area contributed by atoms with Crippen molar-refractivity contribution in [3.63, 3.8) is 0 Å². The van der Waals surface area contributed by atoms with Crippen LogP contribution in [0.2, 0.25) is 0 Å². The number of ether oxygens (including phenoxy) is 1. The van der Waals surface area contributed by atoms with Crippen LogP contribution in [-0.2, 0) is 4.79 Å². The molecule has 0 aliphatic heterocycles. The molecule has 5 heteroatoms. The number of halogens is 1. The smallest absolute Gasteiger partial charge is 0.228 e. The molecule has 1 heterocycles. The number of nitrogens with zero attached hydrogens (tertiary/aromatic N) is 1. The van der Waals surface area contributed by atoms with Crippen molar-refractivity contribution < 1.29 is 9.53 Å². The Morgan fingerprint density at radius 2 is 2.30 bits per heavy atom. The summed E-state index contributed by atoms with van der Waals surface area (Å²) < 4.78 is 5.92. The van der Waals surface area contributed by atoms with Crippen LogP contribution in [0.25, 0.3) is 5.57 Å². The lowest BCUT2D eigenvalue weighted by molar-refractivity contribution is -0.113. The number of aryl methyl sites for hydroxylation is 1. The minimum Gasteiger partial charge on any atom is -0.490 e. The van der Waals surface area contributed by atoms with Crippen LogP contribution >= 0.6 is 11.6 Å². The van der Waals surface area contributed by atoms with Crippen LogP contribution < -0.4 is 10.1 Å². The molecule has 1 saturated carbocycles. The molecule has 3 rings (SSSR count). The molecular weight excluding hydrogens is 312 g/mol. The largest absolute Gasteiger partial charge is 0.490 e. The van der Waals surface area contributed by atoms with E-state index in [4.69, 9.17) is 16.3 Å². The first-order valence-corrected chi connectivity index (χ1v) is 8.27. The molecule has 0 spiro atoms. The van der Waals surface area contributed by atoms with Crippen molar-refractivity contribution in [1.29, 1.82) is 0 Å². The van der Waals surface area contributed by atoms with E-state index in [-0.39, 0.29) is 16.7 Å². The molecule has 0 radical (unpaired) electrons. The lowest BCUT2D eigenvalue weighted by Crippen LogP contribution is -2.33. The van der Waals surface area contributed by atoms with E-state index in [0.717, 1.165) is 35.4 Å². The maximum absolute atomic E-state index is 11.2. The van der Waals surface area contributed by atoms with Crippen LogP contribution in [0.4, 0.5) is 0 Å². The SMILES string of the molecule is CNC1(COc2cnc(C)c(C3=CCC(C(=O)Cl)C=C3)c2)CC1. The minimum atomic E-state index is -0.315. The Labute approximate surface area is 141 Å². The third kappa shape index (κ3) is 3.65. The van der Waals surface area contributed by atoms with E-state index in [1.54, 1.807) is 6.20 Å². The Balaban J connectivity index is 1.74. The van der Waals surface area contributed by atoms with Gasteiger partial charge < -0.3 is 10.1 Å². The van der Waals surface area contributed by atoms with Gasteiger partial charge in [-0.2, -0.15) is 0 Å². The fourth-order valence-electron chi connectivity index (χ4n) is 2.71. The highest BCUT2D eigenvalue weighted by molar-refractivity contribution is 6.64. The Hall–Kier alpha value is -1.65. The van der Waals surface area contributed by atoms with Crippen LogP contribution in [-0.4, -0.2) is 29.4 Å². The molecule has 23 heavy (non-hydrogen) atoms. The van der Waals surface area contributed by atoms with Gasteiger partial charge in [0.15, 0.2) is 0 Å². The molecular formula is C18H21ClN2O2. The van der Waals surface area contributed by atoms with Crippen LogP contribution in [0.15, 0.2) is 30.5 Å². The number of rotatable bonds is 6. The lowest BCUT2D eigenvalue weighted by atomic mass is 9.93. The van der Waals surface area contributed by atoms with Gasteiger partial charge in [0, 0.05) is 11.3 Å². The Bertz CT molecular complexity index is 678. The summed E-state index contributed by atoms with van der Waals surface area (Å²) in [5, 5.41) is 3.00. The molecule has 1 unspecified atom stereocenters. The van der Waals surface area contributed by atoms with Crippen molar-refractivity contribution in [1.82, 2.24) is 10.3 Å². The van der Waals surface area contributed by atoms with Gasteiger partial charge in [0.2, 0.25) is 5.24 Å². The summed E-state index contributed by atoms with van der Waals surface area (Å²) in [6.45, 7) is 2.63. The summed E-state index contributed by atoms with van der Waals surface area (Å²) in [5.74, 6) is 0.551. The van der Waals surface area contributed by atoms with E-state index in [0.29, 0.717) is 13.0 Å². The van der Waals surface area contributed by atoms with E-state index < -0.39 is 0 Å². The Morgan fingerprint density at radius 1 is 1.52 bits per heavy atom. The topological polar surface area (TPSA) is 51.2 Å². The molecule has 2 aliphatic rings. The van der Waals surface area contributed by atoms with Gasteiger partial charge in [0.25, 0.3) is 0 Å². The summed E-state index contributed by atoms with van der Waals surface area (Å²) >= 11 is 5.55. The van der Waals surface area contributed by atoms with Gasteiger partial charge in [0.05, 0.1) is 17.7 Å². The van der Waals surface area contributed by atoms with Crippen molar-refractivity contribution in [2.24, 2.45) is 5.92 Å². The molecule has 0 amide bonds.